The summed E-state index contributed by atoms with van der Waals surface area (Å²) in [5.74, 6) is 0. The van der Waals surface area contributed by atoms with Crippen LogP contribution in [-0.4, -0.2) is 12.9 Å². The molecular formula is C16H12K2O4. The first-order chi connectivity index (χ1) is 9.76. The average molecular weight is 346 g/mol. The van der Waals surface area contributed by atoms with E-state index >= 15 is 0 Å². The molecule has 0 saturated carbocycles. The number of carbonyl (C=O) groups excluding carboxylic acids is 2. The van der Waals surface area contributed by atoms with Crippen molar-refractivity contribution in [3.8, 4) is 0 Å². The summed E-state index contributed by atoms with van der Waals surface area (Å²) >= 11 is 0. The van der Waals surface area contributed by atoms with Gasteiger partial charge in [-0.2, -0.15) is 0 Å². The van der Waals surface area contributed by atoms with Crippen molar-refractivity contribution in [2.75, 3.05) is 0 Å². The van der Waals surface area contributed by atoms with Crippen LogP contribution in [0, 0.1) is 0 Å². The van der Waals surface area contributed by atoms with Crippen LogP contribution in [0.4, 0.5) is 0 Å². The van der Waals surface area contributed by atoms with E-state index in [1.165, 1.54) is 21.5 Å². The topological polar surface area (TPSA) is 80.3 Å². The molecule has 0 amide bonds. The Labute approximate surface area is 213 Å². The molecule has 22 heavy (non-hydrogen) atoms. The predicted molar refractivity (Wildman–Crippen MR) is 73.6 cm³/mol. The second-order valence-electron chi connectivity index (χ2n) is 3.74. The van der Waals surface area contributed by atoms with Crippen molar-refractivity contribution in [1.82, 2.24) is 0 Å². The second kappa shape index (κ2) is 15.0. The molecule has 0 N–H and O–H groups in total. The molecule has 0 bridgehead atoms. The summed E-state index contributed by atoms with van der Waals surface area (Å²) in [6.07, 6.45) is 0. The number of carbonyl (C=O) groups is 2. The van der Waals surface area contributed by atoms with Gasteiger partial charge in [0.2, 0.25) is 0 Å². The third-order valence-electron chi connectivity index (χ3n) is 2.61. The second-order valence-corrected chi connectivity index (χ2v) is 3.74. The summed E-state index contributed by atoms with van der Waals surface area (Å²) in [4.78, 5) is 16.5. The predicted octanol–water partition coefficient (Wildman–Crippen LogP) is -5.27. The molecule has 0 aliphatic heterocycles. The molecule has 4 nitrogen and oxygen atoms in total. The van der Waals surface area contributed by atoms with E-state index in [0.29, 0.717) is 0 Å². The van der Waals surface area contributed by atoms with Gasteiger partial charge in [0, 0.05) is 12.9 Å². The molecule has 0 radical (unpaired) electrons. The molecule has 0 aliphatic carbocycles. The van der Waals surface area contributed by atoms with Crippen LogP contribution in [-0.2, 0) is 9.59 Å². The van der Waals surface area contributed by atoms with E-state index in [2.05, 4.69) is 60.7 Å². The van der Waals surface area contributed by atoms with Crippen LogP contribution < -0.4 is 113 Å². The summed E-state index contributed by atoms with van der Waals surface area (Å²) in [6.45, 7) is -1.00. The van der Waals surface area contributed by atoms with Gasteiger partial charge in [-0.3, -0.25) is 0 Å². The maximum absolute atomic E-state index is 8.25. The zero-order chi connectivity index (χ0) is 14.8. The molecule has 0 heterocycles. The van der Waals surface area contributed by atoms with E-state index in [4.69, 9.17) is 19.8 Å². The van der Waals surface area contributed by atoms with E-state index < -0.39 is 12.9 Å². The monoisotopic (exact) mass is 346 g/mol. The number of hydrogen-bond acceptors (Lipinski definition) is 4. The Bertz CT molecular complexity index is 591. The van der Waals surface area contributed by atoms with E-state index in [1.54, 1.807) is 0 Å². The number of carboxylic acid groups (broad SMARTS) is 2. The molecule has 3 aromatic rings. The van der Waals surface area contributed by atoms with Crippen molar-refractivity contribution in [3.63, 3.8) is 0 Å². The van der Waals surface area contributed by atoms with E-state index in [9.17, 15) is 0 Å². The van der Waals surface area contributed by atoms with Gasteiger partial charge in [-0.05, 0) is 33.7 Å². The van der Waals surface area contributed by atoms with Crippen molar-refractivity contribution < 1.29 is 123 Å². The van der Waals surface area contributed by atoms with Crippen molar-refractivity contribution in [2.24, 2.45) is 0 Å². The first-order valence-corrected chi connectivity index (χ1v) is 5.75. The van der Waals surface area contributed by atoms with Crippen molar-refractivity contribution in [1.29, 1.82) is 0 Å². The largest absolute Gasteiger partial charge is 1.00 e. The van der Waals surface area contributed by atoms with Gasteiger partial charge in [-0.1, -0.05) is 48.5 Å². The fourth-order valence-corrected chi connectivity index (χ4v) is 1.88. The molecule has 0 fully saturated rings. The molecule has 0 unspecified atom stereocenters. The van der Waals surface area contributed by atoms with Crippen LogP contribution in [0.5, 0.6) is 0 Å². The summed E-state index contributed by atoms with van der Waals surface area (Å²) in [7, 11) is 0. The van der Waals surface area contributed by atoms with Gasteiger partial charge >= 0.3 is 103 Å². The average Bonchev–Trinajstić information content (AvgIpc) is 2.47. The number of hydrogen-bond donors (Lipinski definition) is 0. The molecule has 0 atom stereocenters. The molecule has 3 rings (SSSR count). The van der Waals surface area contributed by atoms with Crippen molar-refractivity contribution in [3.05, 3.63) is 60.7 Å². The van der Waals surface area contributed by atoms with E-state index in [1.807, 2.05) is 0 Å². The molecule has 0 aromatic heterocycles. The van der Waals surface area contributed by atoms with Crippen LogP contribution in [0.25, 0.3) is 21.5 Å². The molecule has 6 heteroatoms. The Hall–Kier alpha value is 0.393. The minimum absolute atomic E-state index is 0. The zero-order valence-electron chi connectivity index (χ0n) is 12.6. The first kappa shape index (κ1) is 24.6. The third-order valence-corrected chi connectivity index (χ3v) is 2.61. The minimum Gasteiger partial charge on any atom is -0.554 e. The summed E-state index contributed by atoms with van der Waals surface area (Å²) in [6, 6.07) is 21.4. The fourth-order valence-electron chi connectivity index (χ4n) is 1.88. The van der Waals surface area contributed by atoms with E-state index in [0.717, 1.165) is 0 Å². The smallest absolute Gasteiger partial charge is 0.554 e. The quantitative estimate of drug-likeness (QED) is 0.231. The van der Waals surface area contributed by atoms with Gasteiger partial charge in [0.1, 0.15) is 0 Å². The Morgan fingerprint density at radius 3 is 0.955 bits per heavy atom. The van der Waals surface area contributed by atoms with Crippen LogP contribution in [0.1, 0.15) is 0 Å². The number of fused-ring (bicyclic) bond motifs is 2. The Morgan fingerprint density at radius 2 is 0.773 bits per heavy atom. The van der Waals surface area contributed by atoms with Gasteiger partial charge in [0.05, 0.1) is 0 Å². The zero-order valence-corrected chi connectivity index (χ0v) is 18.8. The van der Waals surface area contributed by atoms with Gasteiger partial charge in [0.15, 0.2) is 0 Å². The molecule has 0 spiro atoms. The first-order valence-electron chi connectivity index (χ1n) is 5.75. The van der Waals surface area contributed by atoms with Gasteiger partial charge < -0.3 is 19.8 Å². The minimum atomic E-state index is -0.500. The fraction of sp³-hybridized carbons (Fsp3) is 0. The van der Waals surface area contributed by atoms with Crippen LogP contribution >= 0.6 is 0 Å². The molecular weight excluding hydrogens is 334 g/mol. The number of benzene rings is 3. The van der Waals surface area contributed by atoms with Gasteiger partial charge in [-0.15, -0.1) is 0 Å². The number of rotatable bonds is 0. The van der Waals surface area contributed by atoms with Crippen LogP contribution in [0.15, 0.2) is 60.7 Å². The summed E-state index contributed by atoms with van der Waals surface area (Å²) < 4.78 is 0. The summed E-state index contributed by atoms with van der Waals surface area (Å²) in [5, 5.41) is 21.7. The SMILES string of the molecule is O=C[O-].O=C[O-].[K+].[K+].c1ccc2cc3ccccc3cc2c1. The molecule has 0 aliphatic rings. The van der Waals surface area contributed by atoms with Crippen LogP contribution in [0.3, 0.4) is 0 Å². The normalized spacial score (nSPS) is 8.00. The maximum Gasteiger partial charge on any atom is 1.00 e. The van der Waals surface area contributed by atoms with Gasteiger partial charge in [-0.25, -0.2) is 0 Å². The molecule has 102 valence electrons. The van der Waals surface area contributed by atoms with Crippen molar-refractivity contribution >= 4 is 34.5 Å². The third kappa shape index (κ3) is 8.30. The standard InChI is InChI=1S/C14H10.2CH2O2.2K/c1-2-6-12-10-14-8-4-3-7-13(14)9-11(12)5-1;2*2-1-3;;/h1-10H;2*1H,(H,2,3);;/q;;;2*+1/p-2. The Morgan fingerprint density at radius 1 is 0.591 bits per heavy atom. The Balaban J connectivity index is 0. The van der Waals surface area contributed by atoms with Crippen LogP contribution in [0.2, 0.25) is 0 Å². The Kier molecular flexibility index (Phi) is 16.7. The molecule has 0 saturated heterocycles. The van der Waals surface area contributed by atoms with E-state index in [-0.39, 0.29) is 103 Å². The van der Waals surface area contributed by atoms with Crippen molar-refractivity contribution in [2.45, 2.75) is 0 Å². The van der Waals surface area contributed by atoms with Gasteiger partial charge in [0.25, 0.3) is 0 Å². The maximum atomic E-state index is 8.25. The summed E-state index contributed by atoms with van der Waals surface area (Å²) in [5.41, 5.74) is 0. The molecule has 3 aromatic carbocycles.